The average molecular weight is 284 g/mol. The highest BCUT2D eigenvalue weighted by Crippen LogP contribution is 2.35. The Bertz CT molecular complexity index is 838. The van der Waals surface area contributed by atoms with Crippen LogP contribution in [0.2, 0.25) is 0 Å². The Hall–Kier alpha value is -2.62. The highest BCUT2D eigenvalue weighted by atomic mass is 19.1. The van der Waals surface area contributed by atoms with Gasteiger partial charge in [-0.3, -0.25) is 0 Å². The van der Waals surface area contributed by atoms with E-state index in [-0.39, 0.29) is 5.95 Å². The molecule has 0 N–H and O–H groups in total. The van der Waals surface area contributed by atoms with E-state index in [1.165, 1.54) is 18.2 Å². The van der Waals surface area contributed by atoms with E-state index in [0.717, 1.165) is 5.56 Å². The maximum absolute atomic E-state index is 13.6. The van der Waals surface area contributed by atoms with Crippen molar-refractivity contribution >= 4 is 10.8 Å². The zero-order valence-electron chi connectivity index (χ0n) is 11.4. The summed E-state index contributed by atoms with van der Waals surface area (Å²) in [6.45, 7) is 2.15. The summed E-state index contributed by atoms with van der Waals surface area (Å²) in [7, 11) is 0. The van der Waals surface area contributed by atoms with Crippen LogP contribution in [0.15, 0.2) is 57.7 Å². The predicted octanol–water partition coefficient (Wildman–Crippen LogP) is 4.00. The standard InChI is InChI=1S/C17H13FO3/c1-2-20-17-15(11-6-4-3-5-7-11)14-10-12(18)8-9-13(14)16(19)21-17/h3-10H,2H2,1H3. The van der Waals surface area contributed by atoms with Gasteiger partial charge in [-0.05, 0) is 30.7 Å². The van der Waals surface area contributed by atoms with Crippen molar-refractivity contribution in [3.05, 3.63) is 64.8 Å². The zero-order chi connectivity index (χ0) is 14.8. The molecule has 4 heteroatoms. The van der Waals surface area contributed by atoms with E-state index in [1.54, 1.807) is 6.92 Å². The van der Waals surface area contributed by atoms with Gasteiger partial charge in [0.25, 0.3) is 5.95 Å². The van der Waals surface area contributed by atoms with E-state index in [2.05, 4.69) is 0 Å². The van der Waals surface area contributed by atoms with Gasteiger partial charge in [0.15, 0.2) is 0 Å². The van der Waals surface area contributed by atoms with Crippen LogP contribution in [0.5, 0.6) is 5.95 Å². The fourth-order valence-corrected chi connectivity index (χ4v) is 2.31. The minimum Gasteiger partial charge on any atom is -0.465 e. The smallest absolute Gasteiger partial charge is 0.346 e. The van der Waals surface area contributed by atoms with Gasteiger partial charge >= 0.3 is 5.63 Å². The Balaban J connectivity index is 2.43. The molecule has 21 heavy (non-hydrogen) atoms. The quantitative estimate of drug-likeness (QED) is 0.729. The van der Waals surface area contributed by atoms with Crippen LogP contribution < -0.4 is 10.4 Å². The van der Waals surface area contributed by atoms with Crippen LogP contribution in [-0.4, -0.2) is 6.61 Å². The second kappa shape index (κ2) is 5.40. The largest absolute Gasteiger partial charge is 0.465 e. The van der Waals surface area contributed by atoms with E-state index in [0.29, 0.717) is 22.9 Å². The van der Waals surface area contributed by atoms with Gasteiger partial charge in [-0.15, -0.1) is 0 Å². The van der Waals surface area contributed by atoms with E-state index in [1.807, 2.05) is 30.3 Å². The van der Waals surface area contributed by atoms with Crippen molar-refractivity contribution in [3.8, 4) is 17.1 Å². The first-order valence-corrected chi connectivity index (χ1v) is 6.65. The van der Waals surface area contributed by atoms with Crippen LogP contribution in [0.25, 0.3) is 21.9 Å². The lowest BCUT2D eigenvalue weighted by molar-refractivity contribution is 0.247. The molecule has 0 aliphatic carbocycles. The molecule has 0 aliphatic heterocycles. The molecule has 0 bridgehead atoms. The molecule has 2 aromatic carbocycles. The van der Waals surface area contributed by atoms with Crippen molar-refractivity contribution < 1.29 is 13.5 Å². The predicted molar refractivity (Wildman–Crippen MR) is 79.0 cm³/mol. The van der Waals surface area contributed by atoms with Crippen molar-refractivity contribution in [1.29, 1.82) is 0 Å². The molecular formula is C17H13FO3. The molecular weight excluding hydrogens is 271 g/mol. The molecule has 0 radical (unpaired) electrons. The van der Waals surface area contributed by atoms with Gasteiger partial charge in [0.1, 0.15) is 5.82 Å². The molecule has 0 saturated heterocycles. The van der Waals surface area contributed by atoms with Crippen molar-refractivity contribution in [2.24, 2.45) is 0 Å². The van der Waals surface area contributed by atoms with Crippen molar-refractivity contribution in [3.63, 3.8) is 0 Å². The van der Waals surface area contributed by atoms with Crippen LogP contribution in [0.4, 0.5) is 4.39 Å². The van der Waals surface area contributed by atoms with Crippen molar-refractivity contribution in [2.75, 3.05) is 6.61 Å². The molecule has 3 aromatic rings. The zero-order valence-corrected chi connectivity index (χ0v) is 11.4. The molecule has 0 aliphatic rings. The minimum absolute atomic E-state index is 0.117. The molecule has 0 saturated carbocycles. The molecule has 0 spiro atoms. The van der Waals surface area contributed by atoms with Crippen LogP contribution in [0.3, 0.4) is 0 Å². The summed E-state index contributed by atoms with van der Waals surface area (Å²) in [5.41, 5.74) is 0.861. The number of fused-ring (bicyclic) bond motifs is 1. The van der Waals surface area contributed by atoms with E-state index >= 15 is 0 Å². The summed E-state index contributed by atoms with van der Waals surface area (Å²) >= 11 is 0. The maximum Gasteiger partial charge on any atom is 0.346 e. The topological polar surface area (TPSA) is 39.4 Å². The summed E-state index contributed by atoms with van der Waals surface area (Å²) in [6.07, 6.45) is 0. The monoisotopic (exact) mass is 284 g/mol. The Labute approximate surface area is 120 Å². The molecule has 3 rings (SSSR count). The van der Waals surface area contributed by atoms with Gasteiger partial charge in [-0.1, -0.05) is 30.3 Å². The van der Waals surface area contributed by atoms with Crippen LogP contribution in [0, 0.1) is 5.82 Å². The molecule has 0 unspecified atom stereocenters. The molecule has 0 atom stereocenters. The molecule has 0 amide bonds. The average Bonchev–Trinajstić information content (AvgIpc) is 2.48. The molecule has 1 heterocycles. The third-order valence-corrected chi connectivity index (χ3v) is 3.20. The van der Waals surface area contributed by atoms with Gasteiger partial charge in [0, 0.05) is 5.39 Å². The summed E-state index contributed by atoms with van der Waals surface area (Å²) in [4.78, 5) is 12.0. The summed E-state index contributed by atoms with van der Waals surface area (Å²) in [5.74, 6) is -0.292. The highest BCUT2D eigenvalue weighted by Gasteiger charge is 2.17. The molecule has 0 fully saturated rings. The Morgan fingerprint density at radius 2 is 1.86 bits per heavy atom. The third-order valence-electron chi connectivity index (χ3n) is 3.20. The first-order chi connectivity index (χ1) is 10.2. The maximum atomic E-state index is 13.6. The fraction of sp³-hybridized carbons (Fsp3) is 0.118. The second-order valence-corrected chi connectivity index (χ2v) is 4.54. The molecule has 1 aromatic heterocycles. The van der Waals surface area contributed by atoms with Gasteiger partial charge < -0.3 is 9.15 Å². The van der Waals surface area contributed by atoms with E-state index < -0.39 is 11.4 Å². The van der Waals surface area contributed by atoms with Crippen molar-refractivity contribution in [2.45, 2.75) is 6.92 Å². The number of benzene rings is 2. The number of hydrogen-bond donors (Lipinski definition) is 0. The fourth-order valence-electron chi connectivity index (χ4n) is 2.31. The SMILES string of the molecule is CCOc1oc(=O)c2ccc(F)cc2c1-c1ccccc1. The summed E-state index contributed by atoms with van der Waals surface area (Å²) in [6, 6.07) is 13.3. The summed E-state index contributed by atoms with van der Waals surface area (Å²) in [5, 5.41) is 0.819. The lowest BCUT2D eigenvalue weighted by Crippen LogP contribution is -2.05. The number of rotatable bonds is 3. The Morgan fingerprint density at radius 3 is 2.57 bits per heavy atom. The normalized spacial score (nSPS) is 10.8. The lowest BCUT2D eigenvalue weighted by Gasteiger charge is -2.11. The Morgan fingerprint density at radius 1 is 1.10 bits per heavy atom. The molecule has 106 valence electrons. The molecule has 3 nitrogen and oxygen atoms in total. The third kappa shape index (κ3) is 2.40. The van der Waals surface area contributed by atoms with Crippen LogP contribution >= 0.6 is 0 Å². The first kappa shape index (κ1) is 13.4. The minimum atomic E-state index is -0.534. The van der Waals surface area contributed by atoms with Gasteiger partial charge in [0.2, 0.25) is 0 Å². The Kier molecular flexibility index (Phi) is 3.44. The van der Waals surface area contributed by atoms with Gasteiger partial charge in [-0.25, -0.2) is 9.18 Å². The second-order valence-electron chi connectivity index (χ2n) is 4.54. The lowest BCUT2D eigenvalue weighted by atomic mass is 10.0. The number of halogens is 1. The van der Waals surface area contributed by atoms with Crippen molar-refractivity contribution in [1.82, 2.24) is 0 Å². The van der Waals surface area contributed by atoms with Gasteiger partial charge in [-0.2, -0.15) is 0 Å². The van der Waals surface area contributed by atoms with Gasteiger partial charge in [0.05, 0.1) is 17.6 Å². The van der Waals surface area contributed by atoms with E-state index in [4.69, 9.17) is 9.15 Å². The summed E-state index contributed by atoms with van der Waals surface area (Å²) < 4.78 is 24.3. The van der Waals surface area contributed by atoms with Crippen LogP contribution in [0.1, 0.15) is 6.92 Å². The number of ether oxygens (including phenoxy) is 1. The van der Waals surface area contributed by atoms with Crippen LogP contribution in [-0.2, 0) is 0 Å². The number of hydrogen-bond acceptors (Lipinski definition) is 3. The first-order valence-electron chi connectivity index (χ1n) is 6.65. The highest BCUT2D eigenvalue weighted by molar-refractivity contribution is 5.97. The van der Waals surface area contributed by atoms with E-state index in [9.17, 15) is 9.18 Å².